The van der Waals surface area contributed by atoms with Gasteiger partial charge in [-0.25, -0.2) is 0 Å². The first-order valence-corrected chi connectivity index (χ1v) is 7.42. The van der Waals surface area contributed by atoms with Gasteiger partial charge in [0.25, 0.3) is 0 Å². The first-order chi connectivity index (χ1) is 9.87. The number of benzene rings is 1. The van der Waals surface area contributed by atoms with Crippen molar-refractivity contribution < 1.29 is 4.74 Å². The van der Waals surface area contributed by atoms with E-state index in [2.05, 4.69) is 57.2 Å². The van der Waals surface area contributed by atoms with Crippen LogP contribution in [0, 0.1) is 6.92 Å². The Morgan fingerprint density at radius 1 is 1.24 bits per heavy atom. The van der Waals surface area contributed by atoms with Crippen LogP contribution in [-0.2, 0) is 13.1 Å². The number of rotatable bonds is 5. The van der Waals surface area contributed by atoms with Crippen LogP contribution in [0.25, 0.3) is 0 Å². The minimum atomic E-state index is 0.121. The summed E-state index contributed by atoms with van der Waals surface area (Å²) in [6.07, 6.45) is 3.65. The molecular weight excluding hydrogens is 262 g/mol. The van der Waals surface area contributed by atoms with Gasteiger partial charge in [-0.3, -0.25) is 4.68 Å². The van der Waals surface area contributed by atoms with Crippen molar-refractivity contribution in [1.29, 1.82) is 0 Å². The molecule has 1 aromatic carbocycles. The quantitative estimate of drug-likeness (QED) is 0.906. The highest BCUT2D eigenvalue weighted by Gasteiger charge is 2.10. The lowest BCUT2D eigenvalue weighted by Gasteiger charge is -2.21. The van der Waals surface area contributed by atoms with Crippen LogP contribution in [0.4, 0.5) is 0 Å². The summed E-state index contributed by atoms with van der Waals surface area (Å²) in [5.74, 6) is 1.62. The summed E-state index contributed by atoms with van der Waals surface area (Å²) in [5.41, 5.74) is 2.64. The Morgan fingerprint density at radius 2 is 2.00 bits per heavy atom. The lowest BCUT2D eigenvalue weighted by atomic mass is 10.1. The van der Waals surface area contributed by atoms with E-state index in [-0.39, 0.29) is 5.54 Å². The van der Waals surface area contributed by atoms with Crippen LogP contribution in [0.15, 0.2) is 30.6 Å². The third-order valence-corrected chi connectivity index (χ3v) is 3.29. The topological polar surface area (TPSA) is 39.1 Å². The number of hydrogen-bond acceptors (Lipinski definition) is 3. The van der Waals surface area contributed by atoms with Gasteiger partial charge in [-0.1, -0.05) is 6.07 Å². The molecule has 0 fully saturated rings. The van der Waals surface area contributed by atoms with Gasteiger partial charge >= 0.3 is 0 Å². The van der Waals surface area contributed by atoms with Gasteiger partial charge in [-0.2, -0.15) is 5.10 Å². The van der Waals surface area contributed by atoms with Crippen molar-refractivity contribution in [3.8, 4) is 11.5 Å². The molecule has 1 aromatic heterocycles. The van der Waals surface area contributed by atoms with Crippen LogP contribution in [-0.4, -0.2) is 15.3 Å². The van der Waals surface area contributed by atoms with Gasteiger partial charge in [-0.05, 0) is 57.9 Å². The number of aryl methyl sites for hydroxylation is 2. The minimum Gasteiger partial charge on any atom is -0.454 e. The molecule has 0 aliphatic heterocycles. The number of nitrogens with zero attached hydrogens (tertiary/aromatic N) is 2. The molecule has 0 unspecified atom stereocenters. The standard InChI is InChI=1S/C17H25N3O/c1-6-20-12-16(11-19-20)21-15-8-7-14(13(2)9-15)10-18-17(3,4)5/h7-9,11-12,18H,6,10H2,1-5H3. The molecule has 0 spiro atoms. The Balaban J connectivity index is 2.04. The summed E-state index contributed by atoms with van der Waals surface area (Å²) in [6.45, 7) is 12.4. The van der Waals surface area contributed by atoms with Crippen molar-refractivity contribution >= 4 is 0 Å². The maximum absolute atomic E-state index is 5.84. The van der Waals surface area contributed by atoms with Gasteiger partial charge in [0.15, 0.2) is 5.75 Å². The average Bonchev–Trinajstić information content (AvgIpc) is 2.84. The van der Waals surface area contributed by atoms with Crippen LogP contribution < -0.4 is 10.1 Å². The SMILES string of the molecule is CCn1cc(Oc2ccc(CNC(C)(C)C)c(C)c2)cn1. The van der Waals surface area contributed by atoms with E-state index in [1.54, 1.807) is 6.20 Å². The predicted molar refractivity (Wildman–Crippen MR) is 85.7 cm³/mol. The van der Waals surface area contributed by atoms with E-state index in [9.17, 15) is 0 Å². The molecule has 0 bridgehead atoms. The fourth-order valence-corrected chi connectivity index (χ4v) is 2.00. The summed E-state index contributed by atoms with van der Waals surface area (Å²) in [6, 6.07) is 6.20. The molecule has 1 N–H and O–H groups in total. The largest absolute Gasteiger partial charge is 0.454 e. The highest BCUT2D eigenvalue weighted by molar-refractivity contribution is 5.37. The van der Waals surface area contributed by atoms with Crippen LogP contribution in [0.3, 0.4) is 0 Å². The number of hydrogen-bond donors (Lipinski definition) is 1. The molecule has 0 radical (unpaired) electrons. The van der Waals surface area contributed by atoms with Gasteiger partial charge in [-0.15, -0.1) is 0 Å². The van der Waals surface area contributed by atoms with E-state index in [0.29, 0.717) is 0 Å². The third kappa shape index (κ3) is 4.60. The average molecular weight is 287 g/mol. The molecule has 4 nitrogen and oxygen atoms in total. The van der Waals surface area contributed by atoms with E-state index in [0.717, 1.165) is 24.6 Å². The van der Waals surface area contributed by atoms with Crippen LogP contribution >= 0.6 is 0 Å². The van der Waals surface area contributed by atoms with Crippen LogP contribution in [0.2, 0.25) is 0 Å². The summed E-state index contributed by atoms with van der Waals surface area (Å²) in [7, 11) is 0. The fourth-order valence-electron chi connectivity index (χ4n) is 2.00. The van der Waals surface area contributed by atoms with Crippen molar-refractivity contribution in [1.82, 2.24) is 15.1 Å². The molecule has 4 heteroatoms. The second-order valence-corrected chi connectivity index (χ2v) is 6.33. The van der Waals surface area contributed by atoms with E-state index in [1.807, 2.05) is 16.9 Å². The Labute approximate surface area is 127 Å². The number of ether oxygens (including phenoxy) is 1. The first kappa shape index (κ1) is 15.6. The van der Waals surface area contributed by atoms with E-state index in [1.165, 1.54) is 11.1 Å². The summed E-state index contributed by atoms with van der Waals surface area (Å²) in [5, 5.41) is 7.71. The van der Waals surface area contributed by atoms with Gasteiger partial charge in [0, 0.05) is 18.6 Å². The lowest BCUT2D eigenvalue weighted by Crippen LogP contribution is -2.35. The summed E-state index contributed by atoms with van der Waals surface area (Å²) >= 11 is 0. The maximum atomic E-state index is 5.84. The molecular formula is C17H25N3O. The molecule has 2 aromatic rings. The van der Waals surface area contributed by atoms with E-state index >= 15 is 0 Å². The Bertz CT molecular complexity index is 596. The number of aromatic nitrogens is 2. The molecule has 0 saturated heterocycles. The molecule has 2 rings (SSSR count). The summed E-state index contributed by atoms with van der Waals surface area (Å²) < 4.78 is 7.69. The zero-order valence-electron chi connectivity index (χ0n) is 13.6. The van der Waals surface area contributed by atoms with Crippen LogP contribution in [0.1, 0.15) is 38.8 Å². The zero-order chi connectivity index (χ0) is 15.5. The molecule has 0 atom stereocenters. The van der Waals surface area contributed by atoms with Crippen molar-refractivity contribution in [2.45, 2.75) is 53.2 Å². The van der Waals surface area contributed by atoms with Gasteiger partial charge < -0.3 is 10.1 Å². The normalized spacial score (nSPS) is 11.7. The molecule has 21 heavy (non-hydrogen) atoms. The van der Waals surface area contributed by atoms with Gasteiger partial charge in [0.05, 0.1) is 12.4 Å². The van der Waals surface area contributed by atoms with E-state index < -0.39 is 0 Å². The second kappa shape index (κ2) is 6.31. The lowest BCUT2D eigenvalue weighted by molar-refractivity contribution is 0.423. The number of nitrogens with one attached hydrogen (secondary N) is 1. The van der Waals surface area contributed by atoms with E-state index in [4.69, 9.17) is 4.74 Å². The molecule has 0 amide bonds. The van der Waals surface area contributed by atoms with Gasteiger partial charge in [0.2, 0.25) is 0 Å². The molecule has 0 aliphatic rings. The maximum Gasteiger partial charge on any atom is 0.165 e. The van der Waals surface area contributed by atoms with Crippen LogP contribution in [0.5, 0.6) is 11.5 Å². The first-order valence-electron chi connectivity index (χ1n) is 7.42. The second-order valence-electron chi connectivity index (χ2n) is 6.33. The molecule has 1 heterocycles. The van der Waals surface area contributed by atoms with Crippen molar-refractivity contribution in [2.24, 2.45) is 0 Å². The summed E-state index contributed by atoms with van der Waals surface area (Å²) in [4.78, 5) is 0. The zero-order valence-corrected chi connectivity index (χ0v) is 13.6. The minimum absolute atomic E-state index is 0.121. The third-order valence-electron chi connectivity index (χ3n) is 3.29. The Morgan fingerprint density at radius 3 is 2.57 bits per heavy atom. The Kier molecular flexibility index (Phi) is 4.68. The monoisotopic (exact) mass is 287 g/mol. The Hall–Kier alpha value is -1.81. The fraction of sp³-hybridized carbons (Fsp3) is 0.471. The molecule has 0 saturated carbocycles. The van der Waals surface area contributed by atoms with Crippen molar-refractivity contribution in [3.05, 3.63) is 41.7 Å². The van der Waals surface area contributed by atoms with Gasteiger partial charge in [0.1, 0.15) is 5.75 Å². The molecule has 0 aliphatic carbocycles. The molecule has 114 valence electrons. The van der Waals surface area contributed by atoms with Crippen molar-refractivity contribution in [3.63, 3.8) is 0 Å². The highest BCUT2D eigenvalue weighted by Crippen LogP contribution is 2.23. The smallest absolute Gasteiger partial charge is 0.165 e. The highest BCUT2D eigenvalue weighted by atomic mass is 16.5. The van der Waals surface area contributed by atoms with Crippen molar-refractivity contribution in [2.75, 3.05) is 0 Å². The predicted octanol–water partition coefficient (Wildman–Crippen LogP) is 3.89.